The number of aromatic nitrogens is 2. The number of hydrogen-bond donors (Lipinski definition) is 1. The van der Waals surface area contributed by atoms with Crippen molar-refractivity contribution in [3.8, 4) is 0 Å². The van der Waals surface area contributed by atoms with Gasteiger partial charge in [0.05, 0.1) is 16.9 Å². The minimum atomic E-state index is 0. The highest BCUT2D eigenvalue weighted by Gasteiger charge is 2.19. The summed E-state index contributed by atoms with van der Waals surface area (Å²) in [5.74, 6) is 0.707. The summed E-state index contributed by atoms with van der Waals surface area (Å²) < 4.78 is 1.86. The van der Waals surface area contributed by atoms with Crippen molar-refractivity contribution in [2.45, 2.75) is 19.4 Å². The molecule has 0 aliphatic carbocycles. The van der Waals surface area contributed by atoms with Gasteiger partial charge in [-0.2, -0.15) is 5.10 Å². The van der Waals surface area contributed by atoms with Crippen LogP contribution < -0.4 is 5.73 Å². The van der Waals surface area contributed by atoms with Gasteiger partial charge in [0.2, 0.25) is 0 Å². The lowest BCUT2D eigenvalue weighted by Crippen LogP contribution is -2.36. The van der Waals surface area contributed by atoms with E-state index in [1.165, 1.54) is 12.8 Å². The van der Waals surface area contributed by atoms with Crippen LogP contribution >= 0.6 is 24.0 Å². The van der Waals surface area contributed by atoms with Crippen LogP contribution in [0.4, 0.5) is 0 Å². The highest BCUT2D eigenvalue weighted by Crippen LogP contribution is 2.21. The molecule has 0 unspecified atom stereocenters. The van der Waals surface area contributed by atoms with Crippen LogP contribution in [0.15, 0.2) is 6.20 Å². The van der Waals surface area contributed by atoms with E-state index in [1.54, 1.807) is 6.20 Å². The summed E-state index contributed by atoms with van der Waals surface area (Å²) in [4.78, 5) is 2.43. The molecular formula is C11H20Cl2N4. The molecule has 0 atom stereocenters. The largest absolute Gasteiger partial charge is 0.330 e. The second-order valence-electron chi connectivity index (χ2n) is 4.52. The Morgan fingerprint density at radius 1 is 1.47 bits per heavy atom. The maximum Gasteiger partial charge on any atom is 0.0831 e. The van der Waals surface area contributed by atoms with E-state index in [-0.39, 0.29) is 12.4 Å². The minimum absolute atomic E-state index is 0. The normalized spacial score (nSPS) is 18.1. The van der Waals surface area contributed by atoms with Crippen molar-refractivity contribution in [1.82, 2.24) is 14.7 Å². The van der Waals surface area contributed by atoms with E-state index >= 15 is 0 Å². The molecule has 0 saturated carbocycles. The molecule has 2 N–H and O–H groups in total. The molecule has 6 heteroatoms. The summed E-state index contributed by atoms with van der Waals surface area (Å²) in [6, 6.07) is 0. The Kier molecular flexibility index (Phi) is 5.73. The third-order valence-corrected chi connectivity index (χ3v) is 3.74. The molecule has 1 aliphatic heterocycles. The topological polar surface area (TPSA) is 47.1 Å². The Balaban J connectivity index is 0.00000144. The van der Waals surface area contributed by atoms with E-state index in [2.05, 4.69) is 10.00 Å². The summed E-state index contributed by atoms with van der Waals surface area (Å²) in [6.45, 7) is 3.94. The molecule has 1 fully saturated rings. The van der Waals surface area contributed by atoms with Crippen molar-refractivity contribution in [1.29, 1.82) is 0 Å². The predicted octanol–water partition coefficient (Wildman–Crippen LogP) is 1.67. The third-order valence-electron chi connectivity index (χ3n) is 3.42. The van der Waals surface area contributed by atoms with Crippen molar-refractivity contribution < 1.29 is 0 Å². The van der Waals surface area contributed by atoms with Gasteiger partial charge in [-0.15, -0.1) is 12.4 Å². The molecule has 98 valence electrons. The Labute approximate surface area is 114 Å². The first-order chi connectivity index (χ1) is 7.70. The van der Waals surface area contributed by atoms with Gasteiger partial charge in [0.25, 0.3) is 0 Å². The molecule has 0 bridgehead atoms. The first kappa shape index (κ1) is 14.8. The molecule has 0 spiro atoms. The summed E-state index contributed by atoms with van der Waals surface area (Å²) in [5, 5.41) is 4.92. The van der Waals surface area contributed by atoms with E-state index in [0.29, 0.717) is 5.92 Å². The standard InChI is InChI=1S/C11H19ClN4.ClH/c1-15-11(10(12)7-14-15)8-16-4-2-9(6-13)3-5-16;/h7,9H,2-6,8,13H2,1H3;1H. The zero-order valence-corrected chi connectivity index (χ0v) is 11.7. The van der Waals surface area contributed by atoms with Gasteiger partial charge < -0.3 is 5.73 Å². The zero-order chi connectivity index (χ0) is 11.5. The van der Waals surface area contributed by atoms with Crippen molar-refractivity contribution in [2.24, 2.45) is 18.7 Å². The van der Waals surface area contributed by atoms with Gasteiger partial charge in [-0.3, -0.25) is 9.58 Å². The second kappa shape index (κ2) is 6.59. The molecule has 1 aromatic rings. The van der Waals surface area contributed by atoms with Crippen molar-refractivity contribution >= 4 is 24.0 Å². The van der Waals surface area contributed by atoms with Crippen LogP contribution in [0, 0.1) is 5.92 Å². The van der Waals surface area contributed by atoms with Gasteiger partial charge in [-0.25, -0.2) is 0 Å². The first-order valence-corrected chi connectivity index (χ1v) is 6.17. The molecule has 4 nitrogen and oxygen atoms in total. The summed E-state index contributed by atoms with van der Waals surface area (Å²) >= 11 is 6.09. The van der Waals surface area contributed by atoms with Crippen LogP contribution in [-0.4, -0.2) is 34.3 Å². The minimum Gasteiger partial charge on any atom is -0.330 e. The fourth-order valence-electron chi connectivity index (χ4n) is 2.21. The van der Waals surface area contributed by atoms with E-state index in [9.17, 15) is 0 Å². The van der Waals surface area contributed by atoms with Gasteiger partial charge in [0.15, 0.2) is 0 Å². The number of rotatable bonds is 3. The molecule has 2 rings (SSSR count). The van der Waals surface area contributed by atoms with Crippen molar-refractivity contribution in [3.63, 3.8) is 0 Å². The summed E-state index contributed by atoms with van der Waals surface area (Å²) in [6.07, 6.45) is 4.11. The average Bonchev–Trinajstić information content (AvgIpc) is 2.62. The molecule has 1 aliphatic rings. The molecule has 1 aromatic heterocycles. The lowest BCUT2D eigenvalue weighted by Gasteiger charge is -2.31. The van der Waals surface area contributed by atoms with Gasteiger partial charge in [-0.1, -0.05) is 11.6 Å². The average molecular weight is 279 g/mol. The Morgan fingerprint density at radius 2 is 2.12 bits per heavy atom. The summed E-state index contributed by atoms with van der Waals surface area (Å²) in [5.41, 5.74) is 6.78. The summed E-state index contributed by atoms with van der Waals surface area (Å²) in [7, 11) is 1.94. The number of aryl methyl sites for hydroxylation is 1. The Hall–Kier alpha value is -0.290. The number of piperidine rings is 1. The number of nitrogens with two attached hydrogens (primary N) is 1. The highest BCUT2D eigenvalue weighted by molar-refractivity contribution is 6.31. The molecule has 17 heavy (non-hydrogen) atoms. The second-order valence-corrected chi connectivity index (χ2v) is 4.93. The maximum absolute atomic E-state index is 6.09. The van der Waals surface area contributed by atoms with Crippen molar-refractivity contribution in [3.05, 3.63) is 16.9 Å². The van der Waals surface area contributed by atoms with E-state index in [4.69, 9.17) is 17.3 Å². The third kappa shape index (κ3) is 3.58. The first-order valence-electron chi connectivity index (χ1n) is 5.79. The fraction of sp³-hybridized carbons (Fsp3) is 0.727. The molecule has 1 saturated heterocycles. The highest BCUT2D eigenvalue weighted by atomic mass is 35.5. The van der Waals surface area contributed by atoms with Gasteiger partial charge >= 0.3 is 0 Å². The van der Waals surface area contributed by atoms with Crippen LogP contribution in [0.25, 0.3) is 0 Å². The molecule has 0 amide bonds. The van der Waals surface area contributed by atoms with Crippen LogP contribution in [-0.2, 0) is 13.6 Å². The predicted molar refractivity (Wildman–Crippen MR) is 72.5 cm³/mol. The maximum atomic E-state index is 6.09. The molecule has 0 radical (unpaired) electrons. The smallest absolute Gasteiger partial charge is 0.0831 e. The van der Waals surface area contributed by atoms with Crippen molar-refractivity contribution in [2.75, 3.05) is 19.6 Å². The molecular weight excluding hydrogens is 259 g/mol. The quantitative estimate of drug-likeness (QED) is 0.915. The van der Waals surface area contributed by atoms with E-state index < -0.39 is 0 Å². The fourth-order valence-corrected chi connectivity index (χ4v) is 2.43. The SMILES string of the molecule is Cl.Cn1ncc(Cl)c1CN1CCC(CN)CC1. The zero-order valence-electron chi connectivity index (χ0n) is 10.1. The number of likely N-dealkylation sites (tertiary alicyclic amines) is 1. The van der Waals surface area contributed by atoms with Gasteiger partial charge in [0, 0.05) is 13.6 Å². The van der Waals surface area contributed by atoms with E-state index in [1.807, 2.05) is 11.7 Å². The lowest BCUT2D eigenvalue weighted by atomic mass is 9.97. The van der Waals surface area contributed by atoms with E-state index in [0.717, 1.165) is 36.9 Å². The number of hydrogen-bond acceptors (Lipinski definition) is 3. The lowest BCUT2D eigenvalue weighted by molar-refractivity contribution is 0.177. The molecule has 2 heterocycles. The van der Waals surface area contributed by atoms with Crippen LogP contribution in [0.5, 0.6) is 0 Å². The number of halogens is 2. The molecule has 0 aromatic carbocycles. The Bertz CT molecular complexity index is 326. The van der Waals surface area contributed by atoms with Crippen LogP contribution in [0.2, 0.25) is 5.02 Å². The van der Waals surface area contributed by atoms with Crippen LogP contribution in [0.3, 0.4) is 0 Å². The van der Waals surface area contributed by atoms with Gasteiger partial charge in [0.1, 0.15) is 0 Å². The van der Waals surface area contributed by atoms with Gasteiger partial charge in [-0.05, 0) is 38.4 Å². The van der Waals surface area contributed by atoms with Crippen LogP contribution in [0.1, 0.15) is 18.5 Å². The monoisotopic (exact) mass is 278 g/mol. The Morgan fingerprint density at radius 3 is 2.59 bits per heavy atom. The number of nitrogens with zero attached hydrogens (tertiary/aromatic N) is 3.